The van der Waals surface area contributed by atoms with E-state index in [9.17, 15) is 4.79 Å². The molecule has 0 radical (unpaired) electrons. The SMILES string of the molecule is CC1=CC(CCOC(=O)c2cnoc2)=CCC1. The van der Waals surface area contributed by atoms with Crippen molar-refractivity contribution in [3.8, 4) is 0 Å². The summed E-state index contributed by atoms with van der Waals surface area (Å²) < 4.78 is 9.69. The number of carbonyl (C=O) groups excluding carboxylic acids is 1. The fraction of sp³-hybridized carbons (Fsp3) is 0.385. The van der Waals surface area contributed by atoms with Crippen LogP contribution in [-0.4, -0.2) is 17.7 Å². The van der Waals surface area contributed by atoms with Crippen molar-refractivity contribution in [2.24, 2.45) is 0 Å². The molecule has 1 aliphatic rings. The molecule has 0 saturated carbocycles. The van der Waals surface area contributed by atoms with Gasteiger partial charge in [-0.2, -0.15) is 0 Å². The van der Waals surface area contributed by atoms with Crippen LogP contribution in [0.15, 0.2) is 40.3 Å². The zero-order valence-corrected chi connectivity index (χ0v) is 9.81. The first-order valence-electron chi connectivity index (χ1n) is 5.68. The van der Waals surface area contributed by atoms with E-state index in [1.54, 1.807) is 0 Å². The van der Waals surface area contributed by atoms with E-state index in [1.165, 1.54) is 23.6 Å². The predicted molar refractivity (Wildman–Crippen MR) is 62.5 cm³/mol. The molecule has 17 heavy (non-hydrogen) atoms. The highest BCUT2D eigenvalue weighted by molar-refractivity contribution is 5.88. The molecule has 90 valence electrons. The number of hydrogen-bond donors (Lipinski definition) is 0. The summed E-state index contributed by atoms with van der Waals surface area (Å²) >= 11 is 0. The standard InChI is InChI=1S/C13H15NO3/c1-10-3-2-4-11(7-10)5-6-16-13(15)12-8-14-17-9-12/h4,7-9H,2-3,5-6H2,1H3. The number of hydrogen-bond acceptors (Lipinski definition) is 4. The summed E-state index contributed by atoms with van der Waals surface area (Å²) in [5.74, 6) is -0.386. The molecule has 0 fully saturated rings. The molecular formula is C13H15NO3. The minimum Gasteiger partial charge on any atom is -0.462 e. The van der Waals surface area contributed by atoms with Gasteiger partial charge in [-0.3, -0.25) is 0 Å². The van der Waals surface area contributed by atoms with Crippen LogP contribution >= 0.6 is 0 Å². The van der Waals surface area contributed by atoms with Crippen molar-refractivity contribution in [3.05, 3.63) is 41.3 Å². The number of allylic oxidation sites excluding steroid dienone is 3. The second kappa shape index (κ2) is 5.48. The number of nitrogens with zero attached hydrogens (tertiary/aromatic N) is 1. The summed E-state index contributed by atoms with van der Waals surface area (Å²) in [6.45, 7) is 2.51. The normalized spacial score (nSPS) is 15.1. The maximum Gasteiger partial charge on any atom is 0.343 e. The van der Waals surface area contributed by atoms with Crippen LogP contribution in [-0.2, 0) is 4.74 Å². The molecule has 0 aliphatic heterocycles. The van der Waals surface area contributed by atoms with E-state index in [2.05, 4.69) is 28.8 Å². The van der Waals surface area contributed by atoms with Gasteiger partial charge < -0.3 is 9.26 Å². The molecule has 1 aromatic rings. The number of aromatic nitrogens is 1. The summed E-state index contributed by atoms with van der Waals surface area (Å²) in [5.41, 5.74) is 2.98. The Kier molecular flexibility index (Phi) is 3.75. The lowest BCUT2D eigenvalue weighted by Crippen LogP contribution is -2.06. The van der Waals surface area contributed by atoms with Gasteiger partial charge in [0.1, 0.15) is 11.8 Å². The van der Waals surface area contributed by atoms with Gasteiger partial charge in [-0.05, 0) is 25.3 Å². The Hall–Kier alpha value is -1.84. The largest absolute Gasteiger partial charge is 0.462 e. The topological polar surface area (TPSA) is 52.3 Å². The van der Waals surface area contributed by atoms with E-state index in [1.807, 2.05) is 0 Å². The van der Waals surface area contributed by atoms with Crippen molar-refractivity contribution < 1.29 is 14.1 Å². The average Bonchev–Trinajstić information content (AvgIpc) is 2.82. The Bertz CT molecular complexity index is 443. The average molecular weight is 233 g/mol. The van der Waals surface area contributed by atoms with Gasteiger partial charge in [-0.15, -0.1) is 0 Å². The van der Waals surface area contributed by atoms with E-state index in [4.69, 9.17) is 4.74 Å². The summed E-state index contributed by atoms with van der Waals surface area (Å²) in [5, 5.41) is 3.45. The van der Waals surface area contributed by atoms with E-state index in [0.29, 0.717) is 12.2 Å². The van der Waals surface area contributed by atoms with Gasteiger partial charge >= 0.3 is 5.97 Å². The van der Waals surface area contributed by atoms with Crippen LogP contribution in [0, 0.1) is 0 Å². The lowest BCUT2D eigenvalue weighted by Gasteiger charge is -2.10. The van der Waals surface area contributed by atoms with Crippen molar-refractivity contribution in [2.75, 3.05) is 6.61 Å². The molecule has 0 atom stereocenters. The highest BCUT2D eigenvalue weighted by Gasteiger charge is 2.09. The third-order valence-electron chi connectivity index (χ3n) is 2.67. The van der Waals surface area contributed by atoms with E-state index in [-0.39, 0.29) is 5.97 Å². The first-order valence-corrected chi connectivity index (χ1v) is 5.68. The number of rotatable bonds is 4. The summed E-state index contributed by atoms with van der Waals surface area (Å²) in [4.78, 5) is 11.5. The smallest absolute Gasteiger partial charge is 0.343 e. The van der Waals surface area contributed by atoms with Crippen molar-refractivity contribution in [2.45, 2.75) is 26.2 Å². The van der Waals surface area contributed by atoms with Crippen LogP contribution in [0.2, 0.25) is 0 Å². The number of carbonyl (C=O) groups is 1. The van der Waals surface area contributed by atoms with Crippen molar-refractivity contribution in [3.63, 3.8) is 0 Å². The first-order chi connectivity index (χ1) is 8.25. The van der Waals surface area contributed by atoms with Crippen molar-refractivity contribution in [1.29, 1.82) is 0 Å². The molecule has 0 unspecified atom stereocenters. The zero-order chi connectivity index (χ0) is 12.1. The minimum atomic E-state index is -0.386. The Morgan fingerprint density at radius 3 is 3.18 bits per heavy atom. The second-order valence-electron chi connectivity index (χ2n) is 4.11. The van der Waals surface area contributed by atoms with Gasteiger partial charge in [-0.25, -0.2) is 4.79 Å². The van der Waals surface area contributed by atoms with Crippen LogP contribution in [0.3, 0.4) is 0 Å². The zero-order valence-electron chi connectivity index (χ0n) is 9.81. The molecule has 0 bridgehead atoms. The molecule has 2 rings (SSSR count). The molecule has 1 aliphatic carbocycles. The van der Waals surface area contributed by atoms with Crippen molar-refractivity contribution in [1.82, 2.24) is 5.16 Å². The molecule has 0 saturated heterocycles. The van der Waals surface area contributed by atoms with Gasteiger partial charge in [-0.1, -0.05) is 22.9 Å². The quantitative estimate of drug-likeness (QED) is 0.750. The lowest BCUT2D eigenvalue weighted by molar-refractivity contribution is 0.0509. The maximum atomic E-state index is 11.5. The monoisotopic (exact) mass is 233 g/mol. The predicted octanol–water partition coefficient (Wildman–Crippen LogP) is 2.89. The fourth-order valence-electron chi connectivity index (χ4n) is 1.76. The minimum absolute atomic E-state index is 0.356. The molecular weight excluding hydrogens is 218 g/mol. The van der Waals surface area contributed by atoms with Gasteiger partial charge in [0.05, 0.1) is 12.8 Å². The van der Waals surface area contributed by atoms with E-state index >= 15 is 0 Å². The molecule has 0 aromatic carbocycles. The third kappa shape index (κ3) is 3.31. The highest BCUT2D eigenvalue weighted by Crippen LogP contribution is 2.18. The van der Waals surface area contributed by atoms with E-state index in [0.717, 1.165) is 19.3 Å². The van der Waals surface area contributed by atoms with Gasteiger partial charge in [0, 0.05) is 6.42 Å². The Morgan fingerprint density at radius 2 is 2.47 bits per heavy atom. The Morgan fingerprint density at radius 1 is 1.59 bits per heavy atom. The Labute approximate surface area is 99.9 Å². The van der Waals surface area contributed by atoms with Crippen molar-refractivity contribution >= 4 is 5.97 Å². The number of esters is 1. The molecule has 0 N–H and O–H groups in total. The lowest BCUT2D eigenvalue weighted by atomic mass is 9.99. The van der Waals surface area contributed by atoms with Crippen LogP contribution < -0.4 is 0 Å². The summed E-state index contributed by atoms with van der Waals surface area (Å²) in [6.07, 6.45) is 9.96. The van der Waals surface area contributed by atoms with Crippen LogP contribution in [0.25, 0.3) is 0 Å². The van der Waals surface area contributed by atoms with Crippen LogP contribution in [0.5, 0.6) is 0 Å². The maximum absolute atomic E-state index is 11.5. The molecule has 0 amide bonds. The molecule has 4 nitrogen and oxygen atoms in total. The van der Waals surface area contributed by atoms with Crippen LogP contribution in [0.1, 0.15) is 36.5 Å². The summed E-state index contributed by atoms with van der Waals surface area (Å²) in [7, 11) is 0. The Balaban J connectivity index is 1.77. The molecule has 1 aromatic heterocycles. The third-order valence-corrected chi connectivity index (χ3v) is 2.67. The summed E-state index contributed by atoms with van der Waals surface area (Å²) in [6, 6.07) is 0. The first kappa shape index (κ1) is 11.6. The van der Waals surface area contributed by atoms with Crippen LogP contribution in [0.4, 0.5) is 0 Å². The fourth-order valence-corrected chi connectivity index (χ4v) is 1.76. The number of ether oxygens (including phenoxy) is 1. The highest BCUT2D eigenvalue weighted by atomic mass is 16.5. The second-order valence-corrected chi connectivity index (χ2v) is 4.11. The van der Waals surface area contributed by atoms with E-state index < -0.39 is 0 Å². The van der Waals surface area contributed by atoms with Gasteiger partial charge in [0.15, 0.2) is 0 Å². The van der Waals surface area contributed by atoms with Gasteiger partial charge in [0.25, 0.3) is 0 Å². The van der Waals surface area contributed by atoms with Gasteiger partial charge in [0.2, 0.25) is 0 Å². The molecule has 1 heterocycles. The molecule has 4 heteroatoms. The molecule has 0 spiro atoms.